The number of rotatable bonds is 7. The van der Waals surface area contributed by atoms with E-state index in [1.807, 2.05) is 39.0 Å². The molecule has 3 rings (SSSR count). The second-order valence-corrected chi connectivity index (χ2v) is 8.60. The van der Waals surface area contributed by atoms with Crippen LogP contribution < -0.4 is 15.4 Å². The molecule has 0 spiro atoms. The summed E-state index contributed by atoms with van der Waals surface area (Å²) in [5, 5.41) is 6.78. The van der Waals surface area contributed by atoms with Gasteiger partial charge in [0.05, 0.1) is 12.1 Å². The Balaban J connectivity index is 1.90. The van der Waals surface area contributed by atoms with E-state index in [4.69, 9.17) is 4.74 Å². The van der Waals surface area contributed by atoms with Gasteiger partial charge in [-0.15, -0.1) is 0 Å². The van der Waals surface area contributed by atoms with E-state index in [1.54, 1.807) is 19.1 Å². The maximum absolute atomic E-state index is 15.2. The van der Waals surface area contributed by atoms with Crippen LogP contribution in [0.25, 0.3) is 10.9 Å². The molecule has 0 radical (unpaired) electrons. The van der Waals surface area contributed by atoms with Crippen molar-refractivity contribution in [3.63, 3.8) is 0 Å². The Bertz CT molecular complexity index is 1090. The minimum atomic E-state index is -1.09. The normalized spacial score (nSPS) is 11.7. The number of aryl methyl sites for hydroxylation is 1. The second kappa shape index (κ2) is 9.14. The predicted molar refractivity (Wildman–Crippen MR) is 119 cm³/mol. The molecule has 0 amide bonds. The molecule has 0 aliphatic rings. The number of fused-ring (bicyclic) bond motifs is 1. The molecule has 0 atom stereocenters. The molecule has 3 aromatic rings. The largest absolute Gasteiger partial charge is 0.487 e. The van der Waals surface area contributed by atoms with Crippen LogP contribution in [0.3, 0.4) is 0 Å². The minimum absolute atomic E-state index is 0.0640. The van der Waals surface area contributed by atoms with Gasteiger partial charge in [0.15, 0.2) is 23.2 Å². The number of para-hydroxylation sites is 1. The summed E-state index contributed by atoms with van der Waals surface area (Å²) in [6.07, 6.45) is 0.545. The van der Waals surface area contributed by atoms with Crippen LogP contribution in [0.5, 0.6) is 5.75 Å². The molecule has 0 fully saturated rings. The minimum Gasteiger partial charge on any atom is -0.487 e. The molecule has 0 unspecified atom stereocenters. The van der Waals surface area contributed by atoms with E-state index in [-0.39, 0.29) is 17.7 Å². The lowest BCUT2D eigenvalue weighted by atomic mass is 10.1. The van der Waals surface area contributed by atoms with Gasteiger partial charge in [-0.05, 0) is 59.7 Å². The van der Waals surface area contributed by atoms with Crippen LogP contribution in [0.1, 0.15) is 38.4 Å². The van der Waals surface area contributed by atoms with E-state index in [0.717, 1.165) is 0 Å². The summed E-state index contributed by atoms with van der Waals surface area (Å²) in [7, 11) is 0. The smallest absolute Gasteiger partial charge is 0.194 e. The number of hydrogen-bond donors (Lipinski definition) is 2. The molecule has 166 valence electrons. The highest BCUT2D eigenvalue weighted by atomic mass is 19.1. The van der Waals surface area contributed by atoms with Crippen molar-refractivity contribution >= 4 is 22.3 Å². The molecule has 1 aromatic heterocycles. The third-order valence-corrected chi connectivity index (χ3v) is 4.82. The van der Waals surface area contributed by atoms with Crippen LogP contribution in [0, 0.1) is 31.3 Å². The summed E-state index contributed by atoms with van der Waals surface area (Å²) < 4.78 is 50.0. The van der Waals surface area contributed by atoms with Crippen LogP contribution in [0.4, 0.5) is 24.5 Å². The van der Waals surface area contributed by atoms with Crippen LogP contribution in [0.15, 0.2) is 30.3 Å². The molecular formula is C24H28F3N3O. The summed E-state index contributed by atoms with van der Waals surface area (Å²) in [6, 6.07) is 8.96. The van der Waals surface area contributed by atoms with Crippen LogP contribution >= 0.6 is 0 Å². The van der Waals surface area contributed by atoms with Gasteiger partial charge in [-0.25, -0.2) is 13.2 Å². The molecule has 0 saturated heterocycles. The van der Waals surface area contributed by atoms with Gasteiger partial charge in [0.25, 0.3) is 0 Å². The zero-order valence-electron chi connectivity index (χ0n) is 18.5. The molecule has 2 N–H and O–H groups in total. The summed E-state index contributed by atoms with van der Waals surface area (Å²) in [6.45, 7) is 9.86. The number of benzene rings is 2. The summed E-state index contributed by atoms with van der Waals surface area (Å²) in [5.74, 6) is -3.69. The Morgan fingerprint density at radius 1 is 1.00 bits per heavy atom. The molecule has 7 heteroatoms. The molecule has 0 aliphatic carbocycles. The molecule has 0 aliphatic heterocycles. The third-order valence-electron chi connectivity index (χ3n) is 4.82. The number of pyridine rings is 1. The van der Waals surface area contributed by atoms with Crippen LogP contribution in [-0.4, -0.2) is 23.7 Å². The Morgan fingerprint density at radius 3 is 2.42 bits per heavy atom. The average molecular weight is 432 g/mol. The highest BCUT2D eigenvalue weighted by molar-refractivity contribution is 5.93. The first-order chi connectivity index (χ1) is 14.6. The molecular weight excluding hydrogens is 403 g/mol. The Labute approximate surface area is 180 Å². The zero-order valence-corrected chi connectivity index (χ0v) is 18.5. The highest BCUT2D eigenvalue weighted by Crippen LogP contribution is 2.37. The molecule has 1 heterocycles. The lowest BCUT2D eigenvalue weighted by Gasteiger charge is -2.21. The number of ether oxygens (including phenoxy) is 1. The van der Waals surface area contributed by atoms with Gasteiger partial charge in [0.2, 0.25) is 0 Å². The van der Waals surface area contributed by atoms with Gasteiger partial charge in [-0.2, -0.15) is 0 Å². The third kappa shape index (κ3) is 5.28. The quantitative estimate of drug-likeness (QED) is 0.439. The first kappa shape index (κ1) is 22.9. The molecule has 0 bridgehead atoms. The van der Waals surface area contributed by atoms with Crippen molar-refractivity contribution in [3.8, 4) is 5.75 Å². The maximum atomic E-state index is 15.2. The summed E-state index contributed by atoms with van der Waals surface area (Å²) in [5.41, 5.74) is 1.04. The van der Waals surface area contributed by atoms with Gasteiger partial charge in [-0.3, -0.25) is 4.98 Å². The second-order valence-electron chi connectivity index (χ2n) is 8.60. The van der Waals surface area contributed by atoms with Gasteiger partial charge in [0, 0.05) is 27.9 Å². The maximum Gasteiger partial charge on any atom is 0.194 e. The van der Waals surface area contributed by atoms with Crippen LogP contribution in [-0.2, 0) is 0 Å². The Morgan fingerprint density at radius 2 is 1.71 bits per heavy atom. The van der Waals surface area contributed by atoms with Gasteiger partial charge < -0.3 is 15.4 Å². The SMILES string of the molecule is Cc1cc(Nc2c(F)c(C)c(F)c(OCCCNC(C)(C)C)c2F)c2ccccc2n1. The van der Waals surface area contributed by atoms with Crippen molar-refractivity contribution in [1.82, 2.24) is 10.3 Å². The number of aromatic nitrogens is 1. The van der Waals surface area contributed by atoms with Crippen molar-refractivity contribution in [2.45, 2.75) is 46.6 Å². The fourth-order valence-electron chi connectivity index (χ4n) is 3.25. The standard InChI is InChI=1S/C24H28F3N3O/c1-14-13-18(16-9-6-7-10-17(16)29-14)30-22-19(25)15(2)20(26)23(21(22)27)31-12-8-11-28-24(3,4)5/h6-7,9-10,13,28H,8,11-12H2,1-5H3,(H,29,30). The molecule has 4 nitrogen and oxygen atoms in total. The summed E-state index contributed by atoms with van der Waals surface area (Å²) in [4.78, 5) is 4.43. The molecule has 2 aromatic carbocycles. The monoisotopic (exact) mass is 431 g/mol. The van der Waals surface area contributed by atoms with Crippen molar-refractivity contribution < 1.29 is 17.9 Å². The van der Waals surface area contributed by atoms with Gasteiger partial charge in [0.1, 0.15) is 5.69 Å². The van der Waals surface area contributed by atoms with Gasteiger partial charge in [-0.1, -0.05) is 18.2 Å². The predicted octanol–water partition coefficient (Wildman–Crippen LogP) is 6.17. The van der Waals surface area contributed by atoms with Crippen molar-refractivity contribution in [2.24, 2.45) is 0 Å². The first-order valence-electron chi connectivity index (χ1n) is 10.3. The summed E-state index contributed by atoms with van der Waals surface area (Å²) >= 11 is 0. The van der Waals surface area contributed by atoms with E-state index < -0.39 is 28.9 Å². The number of anilines is 2. The van der Waals surface area contributed by atoms with Gasteiger partial charge >= 0.3 is 0 Å². The fraction of sp³-hybridized carbons (Fsp3) is 0.375. The highest BCUT2D eigenvalue weighted by Gasteiger charge is 2.25. The average Bonchev–Trinajstić information content (AvgIpc) is 2.70. The molecule has 31 heavy (non-hydrogen) atoms. The number of nitrogens with zero attached hydrogens (tertiary/aromatic N) is 1. The fourth-order valence-corrected chi connectivity index (χ4v) is 3.25. The number of hydrogen-bond acceptors (Lipinski definition) is 4. The Kier molecular flexibility index (Phi) is 6.74. The van der Waals surface area contributed by atoms with E-state index >= 15 is 4.39 Å². The molecule has 0 saturated carbocycles. The van der Waals surface area contributed by atoms with E-state index in [2.05, 4.69) is 15.6 Å². The lowest BCUT2D eigenvalue weighted by molar-refractivity contribution is 0.270. The van der Waals surface area contributed by atoms with Crippen molar-refractivity contribution in [2.75, 3.05) is 18.5 Å². The van der Waals surface area contributed by atoms with Crippen molar-refractivity contribution in [3.05, 3.63) is 59.0 Å². The number of nitrogens with one attached hydrogen (secondary N) is 2. The first-order valence-corrected chi connectivity index (χ1v) is 10.3. The zero-order chi connectivity index (χ0) is 22.8. The topological polar surface area (TPSA) is 46.2 Å². The van der Waals surface area contributed by atoms with E-state index in [0.29, 0.717) is 35.2 Å². The Hall–Kier alpha value is -2.80. The number of halogens is 3. The van der Waals surface area contributed by atoms with Crippen LogP contribution in [0.2, 0.25) is 0 Å². The van der Waals surface area contributed by atoms with E-state index in [9.17, 15) is 8.78 Å². The van der Waals surface area contributed by atoms with Crippen molar-refractivity contribution in [1.29, 1.82) is 0 Å². The lowest BCUT2D eigenvalue weighted by Crippen LogP contribution is -2.36. The van der Waals surface area contributed by atoms with E-state index in [1.165, 1.54) is 6.92 Å².